The van der Waals surface area contributed by atoms with E-state index in [4.69, 9.17) is 18.9 Å². The summed E-state index contributed by atoms with van der Waals surface area (Å²) in [6, 6.07) is 0. The smallest absolute Gasteiger partial charge is 0.306 e. The zero-order chi connectivity index (χ0) is 67.5. The molecule has 0 amide bonds. The molecular formula is C84H143NO8. The van der Waals surface area contributed by atoms with E-state index in [0.29, 0.717) is 17.4 Å². The Morgan fingerprint density at radius 3 is 0.914 bits per heavy atom. The summed E-state index contributed by atoms with van der Waals surface area (Å²) in [5.74, 6) is -2.28. The van der Waals surface area contributed by atoms with Crippen molar-refractivity contribution in [1.29, 1.82) is 0 Å². The minimum absolute atomic E-state index is 0.143. The highest BCUT2D eigenvalue weighted by Crippen LogP contribution is 2.18. The Balaban J connectivity index is 4.10. The number of allylic oxidation sites excluding steroid dienone is 22. The van der Waals surface area contributed by atoms with E-state index in [1.54, 1.807) is 0 Å². The van der Waals surface area contributed by atoms with E-state index in [2.05, 4.69) is 148 Å². The lowest BCUT2D eigenvalue weighted by molar-refractivity contribution is -0.870. The minimum atomic E-state index is -1.63. The van der Waals surface area contributed by atoms with Gasteiger partial charge in [-0.05, 0) is 116 Å². The van der Waals surface area contributed by atoms with E-state index >= 15 is 0 Å². The Morgan fingerprint density at radius 2 is 0.613 bits per heavy atom. The third kappa shape index (κ3) is 74.7. The fraction of sp³-hybridized carbons (Fsp3) is 0.702. The Hall–Kier alpha value is -4.57. The molecule has 2 unspecified atom stereocenters. The molecule has 9 nitrogen and oxygen atoms in total. The molecule has 0 rings (SSSR count). The molecule has 93 heavy (non-hydrogen) atoms. The van der Waals surface area contributed by atoms with Gasteiger partial charge in [-0.25, -0.2) is 0 Å². The number of carboxylic acids is 1. The van der Waals surface area contributed by atoms with Gasteiger partial charge in [0.15, 0.2) is 12.4 Å². The van der Waals surface area contributed by atoms with Crippen LogP contribution in [-0.4, -0.2) is 82.3 Å². The van der Waals surface area contributed by atoms with Crippen LogP contribution < -0.4 is 5.11 Å². The normalized spacial score (nSPS) is 13.4. The number of hydrogen-bond donors (Lipinski definition) is 0. The van der Waals surface area contributed by atoms with E-state index in [9.17, 15) is 19.5 Å². The van der Waals surface area contributed by atoms with Gasteiger partial charge in [-0.1, -0.05) is 327 Å². The second kappa shape index (κ2) is 73.2. The van der Waals surface area contributed by atoms with E-state index in [-0.39, 0.29) is 38.6 Å². The maximum absolute atomic E-state index is 13.0. The summed E-state index contributed by atoms with van der Waals surface area (Å²) in [6.07, 6.45) is 103. The quantitative estimate of drug-likeness (QED) is 0.0195. The zero-order valence-corrected chi connectivity index (χ0v) is 60.8. The Labute approximate surface area is 573 Å². The van der Waals surface area contributed by atoms with Crippen LogP contribution >= 0.6 is 0 Å². The first-order chi connectivity index (χ1) is 45.6. The summed E-state index contributed by atoms with van der Waals surface area (Å²) in [6.45, 7) is 4.64. The van der Waals surface area contributed by atoms with Crippen LogP contribution in [0.4, 0.5) is 0 Å². The third-order valence-electron chi connectivity index (χ3n) is 16.4. The monoisotopic (exact) mass is 1290 g/mol. The summed E-state index contributed by atoms with van der Waals surface area (Å²) in [4.78, 5) is 37.6. The second-order valence-corrected chi connectivity index (χ2v) is 26.6. The molecule has 532 valence electrons. The molecule has 0 spiro atoms. The Bertz CT molecular complexity index is 2000. The Morgan fingerprint density at radius 1 is 0.333 bits per heavy atom. The minimum Gasteiger partial charge on any atom is -0.545 e. The van der Waals surface area contributed by atoms with Gasteiger partial charge in [0.05, 0.1) is 40.3 Å². The van der Waals surface area contributed by atoms with Gasteiger partial charge in [0.2, 0.25) is 0 Å². The van der Waals surface area contributed by atoms with Crippen LogP contribution in [0.25, 0.3) is 0 Å². The summed E-state index contributed by atoms with van der Waals surface area (Å²) in [5, 5.41) is 11.9. The van der Waals surface area contributed by atoms with Crippen molar-refractivity contribution in [2.75, 3.05) is 47.5 Å². The lowest BCUT2D eigenvalue weighted by Crippen LogP contribution is -2.44. The second-order valence-electron chi connectivity index (χ2n) is 26.6. The summed E-state index contributed by atoms with van der Waals surface area (Å²) in [7, 11) is 5.93. The molecule has 0 heterocycles. The number of ether oxygens (including phenoxy) is 4. The van der Waals surface area contributed by atoms with Gasteiger partial charge in [0.1, 0.15) is 13.2 Å². The van der Waals surface area contributed by atoms with Crippen LogP contribution in [0.2, 0.25) is 0 Å². The average molecular weight is 1300 g/mol. The highest BCUT2D eigenvalue weighted by atomic mass is 16.7. The number of carbonyl (C=O) groups is 3. The van der Waals surface area contributed by atoms with Crippen molar-refractivity contribution >= 4 is 17.9 Å². The molecule has 0 aromatic rings. The molecule has 0 aliphatic carbocycles. The van der Waals surface area contributed by atoms with Gasteiger partial charge in [-0.15, -0.1) is 0 Å². The van der Waals surface area contributed by atoms with E-state index < -0.39 is 24.3 Å². The van der Waals surface area contributed by atoms with E-state index in [1.807, 2.05) is 21.1 Å². The van der Waals surface area contributed by atoms with Gasteiger partial charge in [0.25, 0.3) is 0 Å². The first kappa shape index (κ1) is 88.4. The van der Waals surface area contributed by atoms with Crippen molar-refractivity contribution in [3.63, 3.8) is 0 Å². The van der Waals surface area contributed by atoms with Crippen LogP contribution in [0, 0.1) is 0 Å². The van der Waals surface area contributed by atoms with Gasteiger partial charge in [-0.3, -0.25) is 9.59 Å². The fourth-order valence-electron chi connectivity index (χ4n) is 10.6. The maximum atomic E-state index is 13.0. The molecule has 0 aromatic heterocycles. The molecule has 2 atom stereocenters. The molecule has 0 aliphatic heterocycles. The van der Waals surface area contributed by atoms with E-state index in [1.165, 1.54) is 186 Å². The number of quaternary nitrogens is 1. The largest absolute Gasteiger partial charge is 0.545 e. The lowest BCUT2D eigenvalue weighted by Gasteiger charge is -2.26. The van der Waals surface area contributed by atoms with Crippen LogP contribution in [-0.2, 0) is 33.3 Å². The average Bonchev–Trinajstić information content (AvgIpc) is 3.73. The lowest BCUT2D eigenvalue weighted by atomic mass is 10.0. The zero-order valence-electron chi connectivity index (χ0n) is 60.8. The van der Waals surface area contributed by atoms with Crippen LogP contribution in [0.1, 0.15) is 322 Å². The molecule has 9 heteroatoms. The number of carboxylic acid groups (broad SMARTS) is 1. The molecule has 0 aliphatic rings. The summed E-state index contributed by atoms with van der Waals surface area (Å²) >= 11 is 0. The first-order valence-electron chi connectivity index (χ1n) is 38.3. The number of nitrogens with zero attached hydrogens (tertiary/aromatic N) is 1. The topological polar surface area (TPSA) is 111 Å². The third-order valence-corrected chi connectivity index (χ3v) is 16.4. The molecular weight excluding hydrogens is 1150 g/mol. The van der Waals surface area contributed by atoms with E-state index in [0.717, 1.165) is 103 Å². The SMILES string of the molecule is CC/C=C\C/C=C\C/C=C\C/C=C\C/C=C\C/C=C\C/C=C\C/C=C\CCCCCCCCCCCCCCC(=O)OC(COC(=O)CCCCCCCCCCCCCCCCCC/C=C\C/C=C\C/C=C\CCCCCCC)COC(OCC[N+](C)(C)C)C(=O)[O-]. The van der Waals surface area contributed by atoms with Gasteiger partial charge in [-0.2, -0.15) is 0 Å². The van der Waals surface area contributed by atoms with Crippen molar-refractivity contribution in [1.82, 2.24) is 0 Å². The molecule has 0 radical (unpaired) electrons. The number of unbranched alkanes of at least 4 members (excludes halogenated alkanes) is 33. The predicted octanol–water partition coefficient (Wildman–Crippen LogP) is 23.1. The van der Waals surface area contributed by atoms with Gasteiger partial charge < -0.3 is 33.3 Å². The molecule has 0 saturated carbocycles. The van der Waals surface area contributed by atoms with Crippen LogP contribution in [0.5, 0.6) is 0 Å². The highest BCUT2D eigenvalue weighted by Gasteiger charge is 2.22. The fourth-order valence-corrected chi connectivity index (χ4v) is 10.6. The van der Waals surface area contributed by atoms with Crippen molar-refractivity contribution in [3.8, 4) is 0 Å². The van der Waals surface area contributed by atoms with Gasteiger partial charge in [0, 0.05) is 12.8 Å². The number of aliphatic carboxylic acids is 1. The number of hydrogen-bond acceptors (Lipinski definition) is 8. The number of carbonyl (C=O) groups excluding carboxylic acids is 3. The number of esters is 2. The molecule has 0 saturated heterocycles. The molecule has 0 fully saturated rings. The molecule has 0 aromatic carbocycles. The van der Waals surface area contributed by atoms with Crippen molar-refractivity contribution in [3.05, 3.63) is 134 Å². The molecule has 0 N–H and O–H groups in total. The standard InChI is InChI=1S/C84H143NO8/c1-6-8-10-12-14-16-18-20-22-24-26-28-30-32-34-36-38-39-40-41-42-43-45-47-49-51-53-55-57-59-61-63-65-67-69-71-73-75-82(87)93-80(79-92-84(83(88)89)90-77-76-85(3,4)5)78-91-81(86)74-72-70-68-66-64-62-60-58-56-54-52-50-48-46-44-37-35-33-31-29-27-25-23-21-19-17-15-13-11-9-7-2/h8,10,14,16,19-22,25-28,31-34,38-39,41-42,45,47,80,84H,6-7,9,11-13,15,17-18,23-24,29-30,35-37,40,43-44,46,48-79H2,1-5H3/b10-8-,16-14-,21-19-,22-20-,27-25-,28-26-,33-31-,34-32-,39-38-,42-41-,47-45-. The Kier molecular flexibility index (Phi) is 69.6. The number of rotatable bonds is 70. The van der Waals surface area contributed by atoms with Crippen molar-refractivity contribution in [2.24, 2.45) is 0 Å². The predicted molar refractivity (Wildman–Crippen MR) is 398 cm³/mol. The highest BCUT2D eigenvalue weighted by molar-refractivity contribution is 5.70. The number of likely N-dealkylation sites (N-methyl/N-ethyl adjacent to an activating group) is 1. The summed E-state index contributed by atoms with van der Waals surface area (Å²) < 4.78 is 22.8. The van der Waals surface area contributed by atoms with Crippen molar-refractivity contribution in [2.45, 2.75) is 334 Å². The van der Waals surface area contributed by atoms with Crippen molar-refractivity contribution < 1.29 is 42.9 Å². The molecule has 0 bridgehead atoms. The first-order valence-corrected chi connectivity index (χ1v) is 38.3. The van der Waals surface area contributed by atoms with Crippen LogP contribution in [0.3, 0.4) is 0 Å². The van der Waals surface area contributed by atoms with Crippen LogP contribution in [0.15, 0.2) is 134 Å². The maximum Gasteiger partial charge on any atom is 0.306 e. The van der Waals surface area contributed by atoms with Gasteiger partial charge >= 0.3 is 11.9 Å². The summed E-state index contributed by atoms with van der Waals surface area (Å²) in [5.41, 5.74) is 0.